The van der Waals surface area contributed by atoms with Gasteiger partial charge in [0, 0.05) is 37.9 Å². The van der Waals surface area contributed by atoms with Crippen molar-refractivity contribution >= 4 is 5.69 Å². The van der Waals surface area contributed by atoms with Gasteiger partial charge < -0.3 is 9.80 Å². The van der Waals surface area contributed by atoms with Gasteiger partial charge in [0.25, 0.3) is 0 Å². The number of piperidine rings is 1. The highest BCUT2D eigenvalue weighted by Crippen LogP contribution is 2.33. The summed E-state index contributed by atoms with van der Waals surface area (Å²) < 4.78 is 13.0. The van der Waals surface area contributed by atoms with Gasteiger partial charge in [0.1, 0.15) is 5.82 Å². The largest absolute Gasteiger partial charge is 0.368 e. The van der Waals surface area contributed by atoms with Gasteiger partial charge in [0.2, 0.25) is 0 Å². The predicted molar refractivity (Wildman–Crippen MR) is 106 cm³/mol. The zero-order valence-electron chi connectivity index (χ0n) is 15.8. The van der Waals surface area contributed by atoms with Crippen molar-refractivity contribution in [1.29, 1.82) is 0 Å². The lowest BCUT2D eigenvalue weighted by atomic mass is 10.0. The first kappa shape index (κ1) is 17.5. The minimum Gasteiger partial charge on any atom is -0.368 e. The second kappa shape index (κ2) is 7.79. The number of aryl methyl sites for hydroxylation is 1. The van der Waals surface area contributed by atoms with E-state index < -0.39 is 0 Å². The SMILES string of the molecule is CCc1ccc2c(c1)N(C1CCN(CCc3ccc(F)cc3)CC1)CC2. The fourth-order valence-electron chi connectivity index (χ4n) is 4.44. The smallest absolute Gasteiger partial charge is 0.123 e. The quantitative estimate of drug-likeness (QED) is 0.784. The van der Waals surface area contributed by atoms with Crippen LogP contribution >= 0.6 is 0 Å². The van der Waals surface area contributed by atoms with Crippen LogP contribution in [0.25, 0.3) is 0 Å². The van der Waals surface area contributed by atoms with Gasteiger partial charge >= 0.3 is 0 Å². The van der Waals surface area contributed by atoms with Crippen molar-refractivity contribution in [3.05, 3.63) is 65.0 Å². The third-order valence-corrected chi connectivity index (χ3v) is 6.12. The van der Waals surface area contributed by atoms with E-state index in [2.05, 4.69) is 34.9 Å². The van der Waals surface area contributed by atoms with Crippen molar-refractivity contribution in [3.63, 3.8) is 0 Å². The number of hydrogen-bond acceptors (Lipinski definition) is 2. The number of nitrogens with zero attached hydrogens (tertiary/aromatic N) is 2. The molecule has 0 amide bonds. The molecule has 0 bridgehead atoms. The van der Waals surface area contributed by atoms with Gasteiger partial charge in [-0.2, -0.15) is 0 Å². The van der Waals surface area contributed by atoms with Crippen molar-refractivity contribution in [3.8, 4) is 0 Å². The predicted octanol–water partition coefficient (Wildman–Crippen LogP) is 4.46. The maximum atomic E-state index is 13.0. The second-order valence-corrected chi connectivity index (χ2v) is 7.71. The Morgan fingerprint density at radius 3 is 2.42 bits per heavy atom. The van der Waals surface area contributed by atoms with E-state index in [1.165, 1.54) is 61.3 Å². The van der Waals surface area contributed by atoms with Crippen LogP contribution < -0.4 is 4.90 Å². The minimum absolute atomic E-state index is 0.147. The molecule has 0 spiro atoms. The molecule has 2 aliphatic rings. The first-order chi connectivity index (χ1) is 12.7. The molecule has 0 N–H and O–H groups in total. The second-order valence-electron chi connectivity index (χ2n) is 7.71. The molecule has 3 heteroatoms. The zero-order chi connectivity index (χ0) is 17.9. The number of anilines is 1. The molecule has 2 heterocycles. The number of rotatable bonds is 5. The molecule has 138 valence electrons. The Morgan fingerprint density at radius 2 is 1.69 bits per heavy atom. The first-order valence-electron chi connectivity index (χ1n) is 10.1. The van der Waals surface area contributed by atoms with E-state index >= 15 is 0 Å². The van der Waals surface area contributed by atoms with Crippen LogP contribution in [0.4, 0.5) is 10.1 Å². The van der Waals surface area contributed by atoms with Gasteiger partial charge in [0.05, 0.1) is 0 Å². The summed E-state index contributed by atoms with van der Waals surface area (Å²) in [6.07, 6.45) is 5.82. The summed E-state index contributed by atoms with van der Waals surface area (Å²) in [5.41, 5.74) is 5.71. The third-order valence-electron chi connectivity index (χ3n) is 6.12. The number of halogens is 1. The van der Waals surface area contributed by atoms with E-state index in [1.54, 1.807) is 12.1 Å². The Bertz CT molecular complexity index is 732. The maximum Gasteiger partial charge on any atom is 0.123 e. The molecule has 2 aromatic carbocycles. The molecule has 2 nitrogen and oxygen atoms in total. The fourth-order valence-corrected chi connectivity index (χ4v) is 4.44. The molecule has 1 saturated heterocycles. The number of fused-ring (bicyclic) bond motifs is 1. The molecule has 1 fully saturated rings. The lowest BCUT2D eigenvalue weighted by molar-refractivity contribution is 0.212. The van der Waals surface area contributed by atoms with Gasteiger partial charge in [-0.15, -0.1) is 0 Å². The average molecular weight is 352 g/mol. The molecule has 26 heavy (non-hydrogen) atoms. The monoisotopic (exact) mass is 352 g/mol. The molecule has 0 aromatic heterocycles. The van der Waals surface area contributed by atoms with E-state index in [9.17, 15) is 4.39 Å². The molecule has 0 saturated carbocycles. The Kier molecular flexibility index (Phi) is 5.26. The van der Waals surface area contributed by atoms with Crippen molar-refractivity contribution in [2.75, 3.05) is 31.1 Å². The molecule has 2 aliphatic heterocycles. The lowest BCUT2D eigenvalue weighted by Crippen LogP contribution is -2.45. The third kappa shape index (κ3) is 3.78. The lowest BCUT2D eigenvalue weighted by Gasteiger charge is -2.38. The Balaban J connectivity index is 1.31. The van der Waals surface area contributed by atoms with Gasteiger partial charge in [0.15, 0.2) is 0 Å². The van der Waals surface area contributed by atoms with Crippen LogP contribution in [0, 0.1) is 5.82 Å². The van der Waals surface area contributed by atoms with Crippen molar-refractivity contribution in [2.24, 2.45) is 0 Å². The molecule has 2 aromatic rings. The topological polar surface area (TPSA) is 6.48 Å². The van der Waals surface area contributed by atoms with E-state index in [4.69, 9.17) is 0 Å². The van der Waals surface area contributed by atoms with E-state index in [0.717, 1.165) is 19.4 Å². The van der Waals surface area contributed by atoms with E-state index in [-0.39, 0.29) is 5.82 Å². The minimum atomic E-state index is -0.147. The highest BCUT2D eigenvalue weighted by molar-refractivity contribution is 5.60. The maximum absolute atomic E-state index is 13.0. The summed E-state index contributed by atoms with van der Waals surface area (Å²) in [7, 11) is 0. The Hall–Kier alpha value is -1.87. The highest BCUT2D eigenvalue weighted by atomic mass is 19.1. The fraction of sp³-hybridized carbons (Fsp3) is 0.478. The van der Waals surface area contributed by atoms with Crippen LogP contribution in [-0.2, 0) is 19.3 Å². The van der Waals surface area contributed by atoms with Crippen LogP contribution in [0.3, 0.4) is 0 Å². The summed E-state index contributed by atoms with van der Waals surface area (Å²) in [6.45, 7) is 6.84. The van der Waals surface area contributed by atoms with Crippen LogP contribution in [0.5, 0.6) is 0 Å². The van der Waals surface area contributed by atoms with E-state index in [0.29, 0.717) is 6.04 Å². The van der Waals surface area contributed by atoms with Crippen molar-refractivity contribution in [2.45, 2.75) is 45.1 Å². The highest BCUT2D eigenvalue weighted by Gasteiger charge is 2.29. The van der Waals surface area contributed by atoms with Gasteiger partial charge in [-0.1, -0.05) is 31.2 Å². The molecular formula is C23H29FN2. The normalized spacial score (nSPS) is 18.3. The molecule has 0 atom stereocenters. The summed E-state index contributed by atoms with van der Waals surface area (Å²) in [5.74, 6) is -0.147. The first-order valence-corrected chi connectivity index (χ1v) is 10.1. The van der Waals surface area contributed by atoms with Crippen LogP contribution in [0.2, 0.25) is 0 Å². The molecule has 4 rings (SSSR count). The number of hydrogen-bond donors (Lipinski definition) is 0. The Morgan fingerprint density at radius 1 is 0.962 bits per heavy atom. The number of benzene rings is 2. The van der Waals surface area contributed by atoms with Gasteiger partial charge in [-0.25, -0.2) is 4.39 Å². The molecule has 0 unspecified atom stereocenters. The summed E-state index contributed by atoms with van der Waals surface area (Å²) in [5, 5.41) is 0. The molecule has 0 aliphatic carbocycles. The number of likely N-dealkylation sites (tertiary alicyclic amines) is 1. The summed E-state index contributed by atoms with van der Waals surface area (Å²) in [4.78, 5) is 5.24. The van der Waals surface area contributed by atoms with Crippen LogP contribution in [0.1, 0.15) is 36.5 Å². The van der Waals surface area contributed by atoms with Crippen LogP contribution in [-0.4, -0.2) is 37.1 Å². The standard InChI is InChI=1S/C23H29FN2/c1-2-18-3-6-20-10-16-26(23(20)17-18)22-11-14-25(15-12-22)13-9-19-4-7-21(24)8-5-19/h3-8,17,22H,2,9-16H2,1H3. The van der Waals surface area contributed by atoms with Crippen molar-refractivity contribution in [1.82, 2.24) is 4.90 Å². The zero-order valence-corrected chi connectivity index (χ0v) is 15.8. The average Bonchev–Trinajstić information content (AvgIpc) is 3.11. The van der Waals surface area contributed by atoms with Crippen molar-refractivity contribution < 1.29 is 4.39 Å². The molecular weight excluding hydrogens is 323 g/mol. The van der Waals surface area contributed by atoms with E-state index in [1.807, 2.05) is 12.1 Å². The van der Waals surface area contributed by atoms with Crippen LogP contribution in [0.15, 0.2) is 42.5 Å². The summed E-state index contributed by atoms with van der Waals surface area (Å²) in [6, 6.07) is 14.7. The van der Waals surface area contributed by atoms with Gasteiger partial charge in [-0.05, 0) is 67.0 Å². The summed E-state index contributed by atoms with van der Waals surface area (Å²) >= 11 is 0. The van der Waals surface area contributed by atoms with Gasteiger partial charge in [-0.3, -0.25) is 0 Å². The molecule has 0 radical (unpaired) electrons. The Labute approximate surface area is 156 Å².